The van der Waals surface area contributed by atoms with Crippen LogP contribution in [-0.2, 0) is 4.79 Å². The third kappa shape index (κ3) is 3.48. The average molecular weight is 267 g/mol. The Bertz CT molecular complexity index is 313. The minimum atomic E-state index is -0.0964. The first-order valence-electron chi connectivity index (χ1n) is 7.74. The molecule has 0 saturated carbocycles. The van der Waals surface area contributed by atoms with Gasteiger partial charge in [-0.05, 0) is 65.1 Å². The molecule has 0 bridgehead atoms. The second kappa shape index (κ2) is 6.23. The van der Waals surface area contributed by atoms with Crippen LogP contribution in [0.2, 0.25) is 0 Å². The molecule has 2 saturated heterocycles. The van der Waals surface area contributed by atoms with E-state index >= 15 is 0 Å². The number of carbonyl (C=O) groups is 1. The zero-order valence-corrected chi connectivity index (χ0v) is 12.5. The van der Waals surface area contributed by atoms with E-state index in [0.717, 1.165) is 51.7 Å². The maximum absolute atomic E-state index is 12.6. The van der Waals surface area contributed by atoms with E-state index in [1.165, 1.54) is 6.42 Å². The van der Waals surface area contributed by atoms with Crippen molar-refractivity contribution >= 4 is 5.91 Å². The van der Waals surface area contributed by atoms with Crippen LogP contribution >= 0.6 is 0 Å². The fourth-order valence-electron chi connectivity index (χ4n) is 3.44. The number of hydrogen-bond acceptors (Lipinski definition) is 3. The highest BCUT2D eigenvalue weighted by molar-refractivity contribution is 5.77. The summed E-state index contributed by atoms with van der Waals surface area (Å²) in [7, 11) is 2.16. The first kappa shape index (κ1) is 14.8. The van der Waals surface area contributed by atoms with Gasteiger partial charge in [0, 0.05) is 19.5 Å². The van der Waals surface area contributed by atoms with Gasteiger partial charge >= 0.3 is 0 Å². The van der Waals surface area contributed by atoms with E-state index in [1.54, 1.807) is 0 Å². The van der Waals surface area contributed by atoms with Gasteiger partial charge in [0.25, 0.3) is 0 Å². The van der Waals surface area contributed by atoms with Gasteiger partial charge in [-0.15, -0.1) is 0 Å². The van der Waals surface area contributed by atoms with E-state index in [0.29, 0.717) is 18.4 Å². The predicted octanol–water partition coefficient (Wildman–Crippen LogP) is 1.45. The maximum Gasteiger partial charge on any atom is 0.223 e. The number of nitrogens with two attached hydrogens (primary N) is 1. The summed E-state index contributed by atoms with van der Waals surface area (Å²) >= 11 is 0. The highest BCUT2D eigenvalue weighted by atomic mass is 16.2. The van der Waals surface area contributed by atoms with Gasteiger partial charge in [-0.25, -0.2) is 0 Å². The van der Waals surface area contributed by atoms with Crippen LogP contribution in [0, 0.1) is 5.92 Å². The highest BCUT2D eigenvalue weighted by Crippen LogP contribution is 2.29. The zero-order valence-electron chi connectivity index (χ0n) is 12.5. The van der Waals surface area contributed by atoms with E-state index in [4.69, 9.17) is 5.73 Å². The maximum atomic E-state index is 12.6. The fraction of sp³-hybridized carbons (Fsp3) is 0.933. The number of carbonyl (C=O) groups excluding carboxylic acids is 1. The lowest BCUT2D eigenvalue weighted by Crippen LogP contribution is -2.57. The molecule has 0 aromatic rings. The van der Waals surface area contributed by atoms with Crippen LogP contribution in [0.5, 0.6) is 0 Å². The number of amides is 1. The Balaban J connectivity index is 1.91. The van der Waals surface area contributed by atoms with Crippen LogP contribution in [0.4, 0.5) is 0 Å². The van der Waals surface area contributed by atoms with Crippen molar-refractivity contribution in [2.45, 2.75) is 51.0 Å². The van der Waals surface area contributed by atoms with Crippen molar-refractivity contribution in [2.75, 3.05) is 33.2 Å². The van der Waals surface area contributed by atoms with Crippen molar-refractivity contribution in [3.05, 3.63) is 0 Å². The van der Waals surface area contributed by atoms with Crippen LogP contribution in [-0.4, -0.2) is 54.5 Å². The summed E-state index contributed by atoms with van der Waals surface area (Å²) in [6, 6.07) is 0. The van der Waals surface area contributed by atoms with Crippen LogP contribution in [0.3, 0.4) is 0 Å². The molecule has 0 aromatic carbocycles. The molecule has 2 heterocycles. The minimum absolute atomic E-state index is 0.0964. The standard InChI is InChI=1S/C15H29N3O/c1-15(12-16)7-3-4-8-18(15)14(19)11-13-5-9-17(2)10-6-13/h13H,3-12,16H2,1-2H3. The van der Waals surface area contributed by atoms with E-state index < -0.39 is 0 Å². The summed E-state index contributed by atoms with van der Waals surface area (Å²) in [4.78, 5) is 17.0. The third-order valence-electron chi connectivity index (χ3n) is 5.04. The van der Waals surface area contributed by atoms with E-state index in [2.05, 4.69) is 23.8 Å². The van der Waals surface area contributed by atoms with Gasteiger partial charge in [0.1, 0.15) is 0 Å². The first-order valence-corrected chi connectivity index (χ1v) is 7.74. The van der Waals surface area contributed by atoms with Gasteiger partial charge < -0.3 is 15.5 Å². The molecule has 4 heteroatoms. The second-order valence-corrected chi connectivity index (χ2v) is 6.65. The molecule has 0 aliphatic carbocycles. The van der Waals surface area contributed by atoms with Crippen molar-refractivity contribution in [2.24, 2.45) is 11.7 Å². The summed E-state index contributed by atoms with van der Waals surface area (Å²) in [5.41, 5.74) is 5.82. The summed E-state index contributed by atoms with van der Waals surface area (Å²) in [5.74, 6) is 0.912. The Kier molecular flexibility index (Phi) is 4.85. The van der Waals surface area contributed by atoms with Gasteiger partial charge in [-0.2, -0.15) is 0 Å². The lowest BCUT2D eigenvalue weighted by molar-refractivity contribution is -0.140. The molecule has 1 amide bonds. The van der Waals surface area contributed by atoms with Crippen molar-refractivity contribution in [1.82, 2.24) is 9.80 Å². The minimum Gasteiger partial charge on any atom is -0.336 e. The quantitative estimate of drug-likeness (QED) is 0.842. The van der Waals surface area contributed by atoms with Crippen molar-refractivity contribution in [3.63, 3.8) is 0 Å². The van der Waals surface area contributed by atoms with Gasteiger partial charge in [-0.3, -0.25) is 4.79 Å². The number of likely N-dealkylation sites (tertiary alicyclic amines) is 2. The molecule has 1 atom stereocenters. The molecule has 0 spiro atoms. The van der Waals surface area contributed by atoms with E-state index in [1.807, 2.05) is 0 Å². The lowest BCUT2D eigenvalue weighted by Gasteiger charge is -2.45. The highest BCUT2D eigenvalue weighted by Gasteiger charge is 2.36. The van der Waals surface area contributed by atoms with Crippen LogP contribution in [0.15, 0.2) is 0 Å². The SMILES string of the molecule is CN1CCC(CC(=O)N2CCCCC2(C)CN)CC1. The number of piperidine rings is 2. The molecular formula is C15H29N3O. The normalized spacial score (nSPS) is 30.6. The van der Waals surface area contributed by atoms with Crippen LogP contribution in [0.25, 0.3) is 0 Å². The summed E-state index contributed by atoms with van der Waals surface area (Å²) in [5, 5.41) is 0. The summed E-state index contributed by atoms with van der Waals surface area (Å²) in [6.45, 7) is 5.90. The summed E-state index contributed by atoms with van der Waals surface area (Å²) < 4.78 is 0. The Hall–Kier alpha value is -0.610. The molecule has 0 radical (unpaired) electrons. The van der Waals surface area contributed by atoms with Gasteiger partial charge in [-0.1, -0.05) is 0 Å². The van der Waals surface area contributed by atoms with Gasteiger partial charge in [0.2, 0.25) is 5.91 Å². The predicted molar refractivity (Wildman–Crippen MR) is 77.9 cm³/mol. The monoisotopic (exact) mass is 267 g/mol. The second-order valence-electron chi connectivity index (χ2n) is 6.65. The Morgan fingerprint density at radius 3 is 2.58 bits per heavy atom. The molecule has 2 aliphatic heterocycles. The molecule has 2 fully saturated rings. The van der Waals surface area contributed by atoms with Crippen molar-refractivity contribution in [1.29, 1.82) is 0 Å². The van der Waals surface area contributed by atoms with E-state index in [-0.39, 0.29) is 5.54 Å². The topological polar surface area (TPSA) is 49.6 Å². The van der Waals surface area contributed by atoms with Crippen LogP contribution in [0.1, 0.15) is 45.4 Å². The largest absolute Gasteiger partial charge is 0.336 e. The number of rotatable bonds is 3. The van der Waals surface area contributed by atoms with Gasteiger partial charge in [0.05, 0.1) is 5.54 Å². The number of hydrogen-bond donors (Lipinski definition) is 1. The first-order chi connectivity index (χ1) is 9.05. The third-order valence-corrected chi connectivity index (χ3v) is 5.04. The fourth-order valence-corrected chi connectivity index (χ4v) is 3.44. The molecule has 2 rings (SSSR count). The van der Waals surface area contributed by atoms with Gasteiger partial charge in [0.15, 0.2) is 0 Å². The van der Waals surface area contributed by atoms with Crippen molar-refractivity contribution in [3.8, 4) is 0 Å². The molecule has 19 heavy (non-hydrogen) atoms. The Morgan fingerprint density at radius 2 is 1.95 bits per heavy atom. The molecular weight excluding hydrogens is 238 g/mol. The molecule has 110 valence electrons. The average Bonchev–Trinajstić information content (AvgIpc) is 2.42. The number of nitrogens with zero attached hydrogens (tertiary/aromatic N) is 2. The van der Waals surface area contributed by atoms with Crippen molar-refractivity contribution < 1.29 is 4.79 Å². The van der Waals surface area contributed by atoms with Crippen LogP contribution < -0.4 is 5.73 Å². The molecule has 1 unspecified atom stereocenters. The Labute approximate surface area is 117 Å². The Morgan fingerprint density at radius 1 is 1.26 bits per heavy atom. The van der Waals surface area contributed by atoms with E-state index in [9.17, 15) is 4.79 Å². The molecule has 0 aromatic heterocycles. The summed E-state index contributed by atoms with van der Waals surface area (Å²) in [6.07, 6.45) is 6.44. The molecule has 2 N–H and O–H groups in total. The molecule has 4 nitrogen and oxygen atoms in total. The smallest absolute Gasteiger partial charge is 0.223 e. The molecule has 2 aliphatic rings. The lowest BCUT2D eigenvalue weighted by atomic mass is 9.86. The zero-order chi connectivity index (χ0) is 13.9.